The first kappa shape index (κ1) is 20.1. The van der Waals surface area contributed by atoms with E-state index in [9.17, 15) is 5.02 Å². The Morgan fingerprint density at radius 3 is 1.61 bits per heavy atom. The third-order valence-electron chi connectivity index (χ3n) is 3.91. The van der Waals surface area contributed by atoms with E-state index in [1.165, 1.54) is 0 Å². The molecule has 0 radical (unpaired) electrons. The lowest BCUT2D eigenvalue weighted by Crippen LogP contribution is -2.29. The van der Waals surface area contributed by atoms with Gasteiger partial charge in [-0.1, -0.05) is 35.9 Å². The SMILES string of the molecule is COc1ccc(COCc2ccc(OB(O)Oc3ccc(Cl)cc3)cc2)cc1. The van der Waals surface area contributed by atoms with Crippen LogP contribution in [0.15, 0.2) is 72.8 Å². The number of halogens is 1. The summed E-state index contributed by atoms with van der Waals surface area (Å²) >= 11 is 5.81. The highest BCUT2D eigenvalue weighted by atomic mass is 35.5. The number of rotatable bonds is 9. The van der Waals surface area contributed by atoms with Gasteiger partial charge in [-0.25, -0.2) is 0 Å². The zero-order valence-corrected chi connectivity index (χ0v) is 16.1. The minimum atomic E-state index is -1.42. The van der Waals surface area contributed by atoms with Gasteiger partial charge in [0.15, 0.2) is 0 Å². The fourth-order valence-corrected chi connectivity index (χ4v) is 2.57. The Hall–Kier alpha value is -2.67. The van der Waals surface area contributed by atoms with Crippen molar-refractivity contribution in [3.05, 3.63) is 88.9 Å². The molecule has 0 aliphatic heterocycles. The van der Waals surface area contributed by atoms with Crippen LogP contribution in [0, 0.1) is 0 Å². The van der Waals surface area contributed by atoms with E-state index < -0.39 is 7.32 Å². The van der Waals surface area contributed by atoms with Gasteiger partial charge < -0.3 is 23.8 Å². The molecular weight excluding hydrogens is 378 g/mol. The van der Waals surface area contributed by atoms with Crippen molar-refractivity contribution in [2.75, 3.05) is 7.11 Å². The van der Waals surface area contributed by atoms with Crippen molar-refractivity contribution < 1.29 is 23.8 Å². The molecule has 0 aliphatic carbocycles. The molecule has 0 fully saturated rings. The monoisotopic (exact) mass is 398 g/mol. The van der Waals surface area contributed by atoms with Gasteiger partial charge in [-0.15, -0.1) is 0 Å². The van der Waals surface area contributed by atoms with Gasteiger partial charge in [0, 0.05) is 5.02 Å². The van der Waals surface area contributed by atoms with Crippen LogP contribution in [-0.2, 0) is 18.0 Å². The molecule has 0 atom stereocenters. The highest BCUT2D eigenvalue weighted by Crippen LogP contribution is 2.18. The van der Waals surface area contributed by atoms with Gasteiger partial charge in [-0.05, 0) is 59.7 Å². The molecule has 28 heavy (non-hydrogen) atoms. The first-order chi connectivity index (χ1) is 13.6. The number of methoxy groups -OCH3 is 1. The lowest BCUT2D eigenvalue weighted by molar-refractivity contribution is 0.107. The molecule has 0 amide bonds. The zero-order chi connectivity index (χ0) is 19.8. The van der Waals surface area contributed by atoms with Crippen LogP contribution in [0.3, 0.4) is 0 Å². The predicted molar refractivity (Wildman–Crippen MR) is 109 cm³/mol. The van der Waals surface area contributed by atoms with Crippen LogP contribution in [0.1, 0.15) is 11.1 Å². The minimum Gasteiger partial charge on any atom is -0.501 e. The standard InChI is InChI=1S/C21H20BClO5/c1-25-19-8-2-16(3-9-19)14-26-15-17-4-10-20(11-5-17)27-22(24)28-21-12-6-18(23)7-13-21/h2-13,24H,14-15H2,1H3. The van der Waals surface area contributed by atoms with E-state index >= 15 is 0 Å². The first-order valence-corrected chi connectivity index (χ1v) is 9.07. The quantitative estimate of drug-likeness (QED) is 0.538. The molecule has 0 spiro atoms. The van der Waals surface area contributed by atoms with E-state index in [4.69, 9.17) is 30.4 Å². The molecule has 0 aliphatic rings. The number of benzene rings is 3. The second kappa shape index (κ2) is 10.0. The lowest BCUT2D eigenvalue weighted by atomic mass is 10.2. The molecule has 0 aromatic heterocycles. The Balaban J connectivity index is 1.44. The minimum absolute atomic E-state index is 0.459. The molecule has 3 aromatic rings. The largest absolute Gasteiger partial charge is 0.785 e. The normalized spacial score (nSPS) is 10.4. The summed E-state index contributed by atoms with van der Waals surface area (Å²) in [4.78, 5) is 0. The topological polar surface area (TPSA) is 57.2 Å². The lowest BCUT2D eigenvalue weighted by Gasteiger charge is -2.11. The summed E-state index contributed by atoms with van der Waals surface area (Å²) in [6, 6.07) is 21.6. The predicted octanol–water partition coefficient (Wildman–Crippen LogP) is 4.50. The van der Waals surface area contributed by atoms with Gasteiger partial charge in [0.2, 0.25) is 0 Å². The van der Waals surface area contributed by atoms with Crippen LogP contribution in [-0.4, -0.2) is 19.5 Å². The molecular formula is C21H20BClO5. The maximum Gasteiger partial charge on any atom is 0.785 e. The van der Waals surface area contributed by atoms with Gasteiger partial charge in [0.05, 0.1) is 20.3 Å². The fourth-order valence-electron chi connectivity index (χ4n) is 2.44. The summed E-state index contributed by atoms with van der Waals surface area (Å²) in [5, 5.41) is 10.5. The molecule has 0 bridgehead atoms. The second-order valence-electron chi connectivity index (χ2n) is 5.98. The fraction of sp³-hybridized carbons (Fsp3) is 0.143. The number of hydrogen-bond donors (Lipinski definition) is 1. The third kappa shape index (κ3) is 6.20. The Morgan fingerprint density at radius 1 is 0.714 bits per heavy atom. The van der Waals surface area contributed by atoms with Crippen molar-refractivity contribution in [3.8, 4) is 17.2 Å². The molecule has 0 unspecified atom stereocenters. The van der Waals surface area contributed by atoms with Gasteiger partial charge in [0.25, 0.3) is 0 Å². The Kier molecular flexibility index (Phi) is 7.20. The van der Waals surface area contributed by atoms with Crippen molar-refractivity contribution in [1.29, 1.82) is 0 Å². The first-order valence-electron chi connectivity index (χ1n) is 8.69. The van der Waals surface area contributed by atoms with Crippen LogP contribution in [0.5, 0.6) is 17.2 Å². The molecule has 144 valence electrons. The van der Waals surface area contributed by atoms with E-state index in [-0.39, 0.29) is 0 Å². The van der Waals surface area contributed by atoms with Crippen LogP contribution in [0.25, 0.3) is 0 Å². The maximum absolute atomic E-state index is 9.89. The number of ether oxygens (including phenoxy) is 2. The molecule has 7 heteroatoms. The van der Waals surface area contributed by atoms with E-state index in [1.807, 2.05) is 36.4 Å². The van der Waals surface area contributed by atoms with Gasteiger partial charge in [-0.3, -0.25) is 0 Å². The molecule has 0 heterocycles. The smallest absolute Gasteiger partial charge is 0.501 e. The summed E-state index contributed by atoms with van der Waals surface area (Å²) in [5.41, 5.74) is 2.07. The van der Waals surface area contributed by atoms with Gasteiger partial charge >= 0.3 is 7.32 Å². The third-order valence-corrected chi connectivity index (χ3v) is 4.16. The average Bonchev–Trinajstić information content (AvgIpc) is 2.71. The highest BCUT2D eigenvalue weighted by molar-refractivity contribution is 6.36. The molecule has 3 aromatic carbocycles. The molecule has 3 rings (SSSR count). The summed E-state index contributed by atoms with van der Waals surface area (Å²) in [6.07, 6.45) is 0. The van der Waals surface area contributed by atoms with E-state index in [2.05, 4.69) is 0 Å². The average molecular weight is 399 g/mol. The second-order valence-corrected chi connectivity index (χ2v) is 6.42. The summed E-state index contributed by atoms with van der Waals surface area (Å²) in [6.45, 7) is 0.978. The van der Waals surface area contributed by atoms with Crippen molar-refractivity contribution in [3.63, 3.8) is 0 Å². The van der Waals surface area contributed by atoms with Crippen LogP contribution in [0.4, 0.5) is 0 Å². The van der Waals surface area contributed by atoms with Crippen molar-refractivity contribution in [1.82, 2.24) is 0 Å². The Labute approximate surface area is 169 Å². The summed E-state index contributed by atoms with van der Waals surface area (Å²) in [7, 11) is 0.222. The van der Waals surface area contributed by atoms with Gasteiger partial charge in [0.1, 0.15) is 17.2 Å². The zero-order valence-electron chi connectivity index (χ0n) is 15.4. The Bertz CT molecular complexity index is 853. The maximum atomic E-state index is 9.89. The van der Waals surface area contributed by atoms with E-state index in [0.29, 0.717) is 29.7 Å². The van der Waals surface area contributed by atoms with E-state index in [1.54, 1.807) is 43.5 Å². The highest BCUT2D eigenvalue weighted by Gasteiger charge is 2.21. The molecule has 0 saturated heterocycles. The van der Waals surface area contributed by atoms with E-state index in [0.717, 1.165) is 16.9 Å². The number of hydrogen-bond acceptors (Lipinski definition) is 5. The van der Waals surface area contributed by atoms with Crippen molar-refractivity contribution >= 4 is 18.9 Å². The van der Waals surface area contributed by atoms with Crippen molar-refractivity contribution in [2.24, 2.45) is 0 Å². The summed E-state index contributed by atoms with van der Waals surface area (Å²) < 4.78 is 21.5. The molecule has 1 N–H and O–H groups in total. The van der Waals surface area contributed by atoms with Crippen LogP contribution in [0.2, 0.25) is 5.02 Å². The Morgan fingerprint density at radius 2 is 1.14 bits per heavy atom. The summed E-state index contributed by atoms with van der Waals surface area (Å²) in [5.74, 6) is 1.77. The molecule has 0 saturated carbocycles. The van der Waals surface area contributed by atoms with Crippen molar-refractivity contribution in [2.45, 2.75) is 13.2 Å². The van der Waals surface area contributed by atoms with Gasteiger partial charge in [-0.2, -0.15) is 0 Å². The van der Waals surface area contributed by atoms with Crippen LogP contribution >= 0.6 is 11.6 Å². The van der Waals surface area contributed by atoms with Crippen LogP contribution < -0.4 is 14.0 Å². The molecule has 5 nitrogen and oxygen atoms in total.